The molecule has 1 N–H and O–H groups in total. The van der Waals surface area contributed by atoms with Gasteiger partial charge in [-0.1, -0.05) is 45.2 Å². The number of benzene rings is 2. The highest BCUT2D eigenvalue weighted by Gasteiger charge is 2.00. The van der Waals surface area contributed by atoms with E-state index in [0.717, 1.165) is 20.6 Å². The van der Waals surface area contributed by atoms with E-state index < -0.39 is 0 Å². The van der Waals surface area contributed by atoms with Crippen LogP contribution in [0.5, 0.6) is 5.75 Å². The molecule has 0 atom stereocenters. The largest absolute Gasteiger partial charge is 0.507 e. The summed E-state index contributed by atoms with van der Waals surface area (Å²) in [5.41, 5.74) is 3.23. The van der Waals surface area contributed by atoms with Crippen LogP contribution in [-0.4, -0.2) is 5.11 Å². The van der Waals surface area contributed by atoms with Crippen LogP contribution in [0.15, 0.2) is 33.2 Å². The molecule has 0 aliphatic heterocycles. The molecule has 0 radical (unpaired) electrons. The molecule has 0 amide bonds. The van der Waals surface area contributed by atoms with Crippen molar-refractivity contribution in [2.24, 2.45) is 0 Å². The SMILES string of the molecule is Cc1cc(C)c(Br)cc1Cl.Cc1cc(O)c(Br)cc1Cl. The first-order chi connectivity index (χ1) is 9.22. The summed E-state index contributed by atoms with van der Waals surface area (Å²) in [5, 5.41) is 10.6. The van der Waals surface area contributed by atoms with Crippen LogP contribution in [0.2, 0.25) is 10.0 Å². The summed E-state index contributed by atoms with van der Waals surface area (Å²) in [5.74, 6) is 0.224. The van der Waals surface area contributed by atoms with Crippen LogP contribution < -0.4 is 0 Å². The first-order valence-corrected chi connectivity index (χ1v) is 8.13. The Hall–Kier alpha value is -0.220. The number of halogens is 4. The van der Waals surface area contributed by atoms with Crippen molar-refractivity contribution < 1.29 is 5.11 Å². The van der Waals surface area contributed by atoms with E-state index in [1.54, 1.807) is 12.1 Å². The number of hydrogen-bond acceptors (Lipinski definition) is 1. The van der Waals surface area contributed by atoms with Crippen LogP contribution in [0.3, 0.4) is 0 Å². The van der Waals surface area contributed by atoms with Crippen molar-refractivity contribution in [1.82, 2.24) is 0 Å². The Morgan fingerprint density at radius 1 is 0.750 bits per heavy atom. The molecule has 0 aliphatic carbocycles. The van der Waals surface area contributed by atoms with Gasteiger partial charge in [0.1, 0.15) is 5.75 Å². The maximum Gasteiger partial charge on any atom is 0.130 e. The molecule has 0 unspecified atom stereocenters. The van der Waals surface area contributed by atoms with Gasteiger partial charge in [0.05, 0.1) is 4.47 Å². The summed E-state index contributed by atoms with van der Waals surface area (Å²) >= 11 is 18.1. The Kier molecular flexibility index (Phi) is 6.86. The smallest absolute Gasteiger partial charge is 0.130 e. The van der Waals surface area contributed by atoms with Gasteiger partial charge in [-0.05, 0) is 71.6 Å². The van der Waals surface area contributed by atoms with Crippen molar-refractivity contribution in [2.45, 2.75) is 20.8 Å². The zero-order valence-corrected chi connectivity index (χ0v) is 16.0. The average molecular weight is 441 g/mol. The highest BCUT2D eigenvalue weighted by atomic mass is 79.9. The fourth-order valence-electron chi connectivity index (χ4n) is 1.44. The van der Waals surface area contributed by atoms with E-state index >= 15 is 0 Å². The summed E-state index contributed by atoms with van der Waals surface area (Å²) in [6, 6.07) is 7.28. The Morgan fingerprint density at radius 2 is 1.20 bits per heavy atom. The van der Waals surface area contributed by atoms with Gasteiger partial charge in [0.25, 0.3) is 0 Å². The number of rotatable bonds is 0. The molecule has 2 aromatic rings. The molecule has 0 aliphatic rings. The van der Waals surface area contributed by atoms with Gasteiger partial charge in [0, 0.05) is 14.5 Å². The van der Waals surface area contributed by atoms with Gasteiger partial charge >= 0.3 is 0 Å². The topological polar surface area (TPSA) is 20.2 Å². The number of aryl methyl sites for hydroxylation is 3. The molecule has 108 valence electrons. The maximum absolute atomic E-state index is 9.12. The lowest BCUT2D eigenvalue weighted by molar-refractivity contribution is 0.471. The van der Waals surface area contributed by atoms with Gasteiger partial charge in [-0.2, -0.15) is 0 Å². The fourth-order valence-corrected chi connectivity index (χ4v) is 2.72. The van der Waals surface area contributed by atoms with E-state index in [-0.39, 0.29) is 5.75 Å². The predicted octanol–water partition coefficient (Wildman–Crippen LogP) is 6.84. The lowest BCUT2D eigenvalue weighted by atomic mass is 10.2. The molecular weight excluding hydrogens is 427 g/mol. The second kappa shape index (κ2) is 7.69. The lowest BCUT2D eigenvalue weighted by Crippen LogP contribution is -1.79. The van der Waals surface area contributed by atoms with Crippen molar-refractivity contribution in [3.8, 4) is 5.75 Å². The van der Waals surface area contributed by atoms with Gasteiger partial charge in [0.2, 0.25) is 0 Å². The number of hydrogen-bond donors (Lipinski definition) is 1. The fraction of sp³-hybridized carbons (Fsp3) is 0.200. The minimum absolute atomic E-state index is 0.224. The van der Waals surface area contributed by atoms with Gasteiger partial charge in [-0.25, -0.2) is 0 Å². The van der Waals surface area contributed by atoms with Crippen molar-refractivity contribution in [1.29, 1.82) is 0 Å². The van der Waals surface area contributed by atoms with Crippen LogP contribution in [0.1, 0.15) is 16.7 Å². The zero-order valence-electron chi connectivity index (χ0n) is 11.3. The highest BCUT2D eigenvalue weighted by molar-refractivity contribution is 9.10. The summed E-state index contributed by atoms with van der Waals surface area (Å²) in [4.78, 5) is 0. The third-order valence-electron chi connectivity index (χ3n) is 2.67. The monoisotopic (exact) mass is 438 g/mol. The molecule has 2 rings (SSSR count). The molecule has 1 nitrogen and oxygen atoms in total. The second-order valence-corrected chi connectivity index (χ2v) is 6.93. The molecule has 20 heavy (non-hydrogen) atoms. The second-order valence-electron chi connectivity index (χ2n) is 4.40. The standard InChI is InChI=1S/C8H8BrCl.C7H6BrClO/c1-5-3-6(2)8(10)4-7(5)9;1-4-2-7(10)5(8)3-6(4)9/h3-4H,1-2H3;2-3,10H,1H3. The Labute approximate surface area is 146 Å². The Balaban J connectivity index is 0.000000200. The predicted molar refractivity (Wildman–Crippen MR) is 94.2 cm³/mol. The van der Waals surface area contributed by atoms with Crippen LogP contribution in [0.4, 0.5) is 0 Å². The summed E-state index contributed by atoms with van der Waals surface area (Å²) in [6.45, 7) is 5.89. The molecular formula is C15H14Br2Cl2O. The van der Waals surface area contributed by atoms with Crippen LogP contribution in [0.25, 0.3) is 0 Å². The van der Waals surface area contributed by atoms with Crippen molar-refractivity contribution in [3.05, 3.63) is 59.9 Å². The molecule has 0 aromatic heterocycles. The van der Waals surface area contributed by atoms with E-state index in [1.807, 2.05) is 26.8 Å². The summed E-state index contributed by atoms with van der Waals surface area (Å²) in [6.07, 6.45) is 0. The Bertz CT molecular complexity index is 472. The molecule has 0 saturated carbocycles. The molecule has 2 aromatic carbocycles. The van der Waals surface area contributed by atoms with E-state index in [0.29, 0.717) is 9.50 Å². The third-order valence-corrected chi connectivity index (χ3v) is 4.97. The lowest BCUT2D eigenvalue weighted by Gasteiger charge is -2.01. The molecule has 0 heterocycles. The minimum Gasteiger partial charge on any atom is -0.507 e. The molecule has 0 saturated heterocycles. The molecule has 5 heteroatoms. The quantitative estimate of drug-likeness (QED) is 0.475. The third kappa shape index (κ3) is 4.96. The van der Waals surface area contributed by atoms with Crippen LogP contribution >= 0.6 is 55.1 Å². The van der Waals surface area contributed by atoms with Gasteiger partial charge in [-0.15, -0.1) is 0 Å². The van der Waals surface area contributed by atoms with Crippen LogP contribution in [0, 0.1) is 20.8 Å². The van der Waals surface area contributed by atoms with E-state index in [4.69, 9.17) is 28.3 Å². The number of phenols is 1. The zero-order chi connectivity index (χ0) is 15.4. The summed E-state index contributed by atoms with van der Waals surface area (Å²) < 4.78 is 1.70. The highest BCUT2D eigenvalue weighted by Crippen LogP contribution is 2.29. The van der Waals surface area contributed by atoms with Gasteiger partial charge in [-0.3, -0.25) is 0 Å². The van der Waals surface area contributed by atoms with E-state index in [1.165, 1.54) is 5.56 Å². The maximum atomic E-state index is 9.12. The molecule has 0 fully saturated rings. The Morgan fingerprint density at radius 3 is 1.65 bits per heavy atom. The normalized spacial score (nSPS) is 9.95. The van der Waals surface area contributed by atoms with Crippen LogP contribution in [-0.2, 0) is 0 Å². The van der Waals surface area contributed by atoms with Crippen molar-refractivity contribution >= 4 is 55.1 Å². The molecule has 0 bridgehead atoms. The number of aromatic hydroxyl groups is 1. The average Bonchev–Trinajstić information content (AvgIpc) is 2.35. The molecule has 0 spiro atoms. The van der Waals surface area contributed by atoms with E-state index in [2.05, 4.69) is 37.9 Å². The van der Waals surface area contributed by atoms with Crippen molar-refractivity contribution in [2.75, 3.05) is 0 Å². The van der Waals surface area contributed by atoms with E-state index in [9.17, 15) is 0 Å². The first-order valence-electron chi connectivity index (χ1n) is 5.79. The minimum atomic E-state index is 0.224. The van der Waals surface area contributed by atoms with Gasteiger partial charge in [0.15, 0.2) is 0 Å². The van der Waals surface area contributed by atoms with Gasteiger partial charge < -0.3 is 5.11 Å². The summed E-state index contributed by atoms with van der Waals surface area (Å²) in [7, 11) is 0. The first kappa shape index (κ1) is 17.8. The van der Waals surface area contributed by atoms with Crippen molar-refractivity contribution in [3.63, 3.8) is 0 Å². The number of phenolic OH excluding ortho intramolecular Hbond substituents is 1.